The molecule has 15 heavy (non-hydrogen) atoms. The standard InChI is InChI=1S/C11H19N3O/c1-8-4-5-9(11(8,2)3)6-7-13-14-10(12)15/h4,7,9H,5-6H2,1-3H3,(H3,12,14,15)/b13-7+. The molecule has 0 aromatic rings. The lowest BCUT2D eigenvalue weighted by Gasteiger charge is -2.28. The van der Waals surface area contributed by atoms with Crippen molar-refractivity contribution in [1.82, 2.24) is 5.43 Å². The summed E-state index contributed by atoms with van der Waals surface area (Å²) in [6.07, 6.45) is 5.95. The van der Waals surface area contributed by atoms with Gasteiger partial charge in [0.2, 0.25) is 0 Å². The number of carbonyl (C=O) groups excluding carboxylic acids is 1. The molecular formula is C11H19N3O. The topological polar surface area (TPSA) is 67.5 Å². The van der Waals surface area contributed by atoms with Crippen LogP contribution in [0, 0.1) is 11.3 Å². The first-order valence-corrected chi connectivity index (χ1v) is 5.18. The SMILES string of the molecule is CC1=CCC(C/C=N/NC(N)=O)C1(C)C. The molecule has 0 heterocycles. The van der Waals surface area contributed by atoms with Gasteiger partial charge in [-0.05, 0) is 31.1 Å². The summed E-state index contributed by atoms with van der Waals surface area (Å²) in [5.41, 5.74) is 8.76. The predicted octanol–water partition coefficient (Wildman–Crippen LogP) is 2.02. The molecule has 1 rings (SSSR count). The van der Waals surface area contributed by atoms with E-state index < -0.39 is 6.03 Å². The second kappa shape index (κ2) is 4.47. The zero-order chi connectivity index (χ0) is 11.5. The zero-order valence-electron chi connectivity index (χ0n) is 9.58. The minimum atomic E-state index is -0.619. The summed E-state index contributed by atoms with van der Waals surface area (Å²) in [6.45, 7) is 6.65. The van der Waals surface area contributed by atoms with Gasteiger partial charge in [-0.15, -0.1) is 0 Å². The van der Waals surface area contributed by atoms with Gasteiger partial charge in [0.1, 0.15) is 0 Å². The van der Waals surface area contributed by atoms with Gasteiger partial charge in [-0.1, -0.05) is 25.5 Å². The van der Waals surface area contributed by atoms with Crippen LogP contribution in [0.3, 0.4) is 0 Å². The van der Waals surface area contributed by atoms with Crippen LogP contribution in [0.25, 0.3) is 0 Å². The number of allylic oxidation sites excluding steroid dienone is 2. The summed E-state index contributed by atoms with van der Waals surface area (Å²) in [5.74, 6) is 0.566. The van der Waals surface area contributed by atoms with Crippen LogP contribution < -0.4 is 11.2 Å². The van der Waals surface area contributed by atoms with Gasteiger partial charge in [-0.3, -0.25) is 0 Å². The molecule has 4 nitrogen and oxygen atoms in total. The first kappa shape index (κ1) is 11.8. The fraction of sp³-hybridized carbons (Fsp3) is 0.636. The van der Waals surface area contributed by atoms with Crippen molar-refractivity contribution in [3.63, 3.8) is 0 Å². The number of hydrazone groups is 1. The largest absolute Gasteiger partial charge is 0.350 e. The maximum atomic E-state index is 10.4. The van der Waals surface area contributed by atoms with Crippen LogP contribution in [0.15, 0.2) is 16.8 Å². The molecule has 0 saturated heterocycles. The van der Waals surface area contributed by atoms with E-state index in [-0.39, 0.29) is 5.41 Å². The van der Waals surface area contributed by atoms with E-state index in [1.54, 1.807) is 6.21 Å². The molecule has 84 valence electrons. The quantitative estimate of drug-likeness (QED) is 0.417. The Morgan fingerprint density at radius 3 is 2.93 bits per heavy atom. The summed E-state index contributed by atoms with van der Waals surface area (Å²) in [5, 5.41) is 3.75. The predicted molar refractivity (Wildman–Crippen MR) is 61.5 cm³/mol. The monoisotopic (exact) mass is 209 g/mol. The van der Waals surface area contributed by atoms with Gasteiger partial charge in [0.25, 0.3) is 0 Å². The van der Waals surface area contributed by atoms with Crippen LogP contribution in [0.1, 0.15) is 33.6 Å². The molecule has 2 amide bonds. The number of nitrogens with one attached hydrogen (secondary N) is 1. The third-order valence-electron chi connectivity index (χ3n) is 3.40. The Morgan fingerprint density at radius 1 is 1.80 bits per heavy atom. The van der Waals surface area contributed by atoms with E-state index in [1.165, 1.54) is 5.57 Å². The van der Waals surface area contributed by atoms with Crippen molar-refractivity contribution < 1.29 is 4.79 Å². The first-order chi connectivity index (χ1) is 6.94. The van der Waals surface area contributed by atoms with Gasteiger partial charge in [0, 0.05) is 6.21 Å². The van der Waals surface area contributed by atoms with E-state index >= 15 is 0 Å². The van der Waals surface area contributed by atoms with Crippen LogP contribution in [-0.4, -0.2) is 12.2 Å². The van der Waals surface area contributed by atoms with E-state index in [9.17, 15) is 4.79 Å². The van der Waals surface area contributed by atoms with Crippen LogP contribution in [0.4, 0.5) is 4.79 Å². The van der Waals surface area contributed by atoms with Crippen molar-refractivity contribution in [2.45, 2.75) is 33.6 Å². The molecule has 1 unspecified atom stereocenters. The van der Waals surface area contributed by atoms with Gasteiger partial charge in [-0.25, -0.2) is 10.2 Å². The lowest BCUT2D eigenvalue weighted by atomic mass is 9.76. The molecule has 0 radical (unpaired) electrons. The summed E-state index contributed by atoms with van der Waals surface area (Å²) in [7, 11) is 0. The maximum Gasteiger partial charge on any atom is 0.332 e. The number of hydrogen-bond acceptors (Lipinski definition) is 2. The molecule has 0 saturated carbocycles. The summed E-state index contributed by atoms with van der Waals surface area (Å²) >= 11 is 0. The summed E-state index contributed by atoms with van der Waals surface area (Å²) < 4.78 is 0. The Morgan fingerprint density at radius 2 is 2.47 bits per heavy atom. The highest BCUT2D eigenvalue weighted by atomic mass is 16.2. The number of nitrogens with two attached hydrogens (primary N) is 1. The van der Waals surface area contributed by atoms with Crippen molar-refractivity contribution in [2.24, 2.45) is 22.2 Å². The third-order valence-corrected chi connectivity index (χ3v) is 3.40. The number of carbonyl (C=O) groups is 1. The van der Waals surface area contributed by atoms with Crippen molar-refractivity contribution in [3.05, 3.63) is 11.6 Å². The minimum absolute atomic E-state index is 0.235. The maximum absolute atomic E-state index is 10.4. The lowest BCUT2D eigenvalue weighted by molar-refractivity contribution is 0.249. The van der Waals surface area contributed by atoms with Gasteiger partial charge >= 0.3 is 6.03 Å². The molecule has 1 atom stereocenters. The molecule has 1 aliphatic rings. The van der Waals surface area contributed by atoms with E-state index in [2.05, 4.69) is 37.4 Å². The number of primary amides is 1. The Balaban J connectivity index is 2.42. The lowest BCUT2D eigenvalue weighted by Crippen LogP contribution is -2.25. The minimum Gasteiger partial charge on any atom is -0.350 e. The average molecular weight is 209 g/mol. The molecule has 1 aliphatic carbocycles. The molecule has 3 N–H and O–H groups in total. The second-order valence-corrected chi connectivity index (χ2v) is 4.56. The second-order valence-electron chi connectivity index (χ2n) is 4.56. The van der Waals surface area contributed by atoms with Crippen molar-refractivity contribution in [3.8, 4) is 0 Å². The number of nitrogens with zero attached hydrogens (tertiary/aromatic N) is 1. The van der Waals surface area contributed by atoms with Gasteiger partial charge in [0.05, 0.1) is 0 Å². The Hall–Kier alpha value is -1.32. The summed E-state index contributed by atoms with van der Waals surface area (Å²) in [6, 6.07) is -0.619. The molecule has 0 aromatic carbocycles. The van der Waals surface area contributed by atoms with Gasteiger partial charge in [0.15, 0.2) is 0 Å². The number of hydrogen-bond donors (Lipinski definition) is 2. The molecule has 4 heteroatoms. The third kappa shape index (κ3) is 2.81. The van der Waals surface area contributed by atoms with E-state index in [1.807, 2.05) is 0 Å². The zero-order valence-corrected chi connectivity index (χ0v) is 9.58. The number of urea groups is 1. The van der Waals surface area contributed by atoms with Crippen LogP contribution in [0.5, 0.6) is 0 Å². The molecule has 0 bridgehead atoms. The normalized spacial score (nSPS) is 24.2. The Kier molecular flexibility index (Phi) is 3.50. The molecule has 0 spiro atoms. The average Bonchev–Trinajstić information content (AvgIpc) is 2.38. The van der Waals surface area contributed by atoms with Gasteiger partial charge < -0.3 is 5.73 Å². The van der Waals surface area contributed by atoms with E-state index in [0.29, 0.717) is 5.92 Å². The fourth-order valence-corrected chi connectivity index (χ4v) is 1.88. The van der Waals surface area contributed by atoms with Gasteiger partial charge in [-0.2, -0.15) is 5.10 Å². The van der Waals surface area contributed by atoms with Crippen LogP contribution >= 0.6 is 0 Å². The van der Waals surface area contributed by atoms with Crippen LogP contribution in [0.2, 0.25) is 0 Å². The molecular weight excluding hydrogens is 190 g/mol. The highest BCUT2D eigenvalue weighted by Crippen LogP contribution is 2.44. The van der Waals surface area contributed by atoms with E-state index in [0.717, 1.165) is 12.8 Å². The number of rotatable bonds is 3. The highest BCUT2D eigenvalue weighted by Gasteiger charge is 2.33. The smallest absolute Gasteiger partial charge is 0.332 e. The van der Waals surface area contributed by atoms with E-state index in [4.69, 9.17) is 5.73 Å². The number of amides is 2. The molecule has 0 aliphatic heterocycles. The molecule has 0 aromatic heterocycles. The first-order valence-electron chi connectivity index (χ1n) is 5.18. The Bertz CT molecular complexity index is 305. The van der Waals surface area contributed by atoms with Crippen molar-refractivity contribution in [2.75, 3.05) is 0 Å². The molecule has 0 fully saturated rings. The fourth-order valence-electron chi connectivity index (χ4n) is 1.88. The van der Waals surface area contributed by atoms with Crippen molar-refractivity contribution in [1.29, 1.82) is 0 Å². The van der Waals surface area contributed by atoms with Crippen molar-refractivity contribution >= 4 is 12.2 Å². The Labute approximate surface area is 90.6 Å². The summed E-state index contributed by atoms with van der Waals surface area (Å²) in [4.78, 5) is 10.4. The highest BCUT2D eigenvalue weighted by molar-refractivity contribution is 5.72. The van der Waals surface area contributed by atoms with Crippen LogP contribution in [-0.2, 0) is 0 Å².